The van der Waals surface area contributed by atoms with Crippen LogP contribution in [0.2, 0.25) is 0 Å². The van der Waals surface area contributed by atoms with Gasteiger partial charge in [-0.05, 0) is 39.7 Å². The molecule has 1 aliphatic heterocycles. The number of likely N-dealkylation sites (tertiary alicyclic amines) is 1. The normalized spacial score (nSPS) is 20.3. The van der Waals surface area contributed by atoms with E-state index in [2.05, 4.69) is 0 Å². The fourth-order valence-corrected chi connectivity index (χ4v) is 2.76. The number of carbonyl (C=O) groups is 1. The maximum absolute atomic E-state index is 13.8. The third kappa shape index (κ3) is 4.41. The van der Waals surface area contributed by atoms with Crippen molar-refractivity contribution >= 4 is 6.09 Å². The van der Waals surface area contributed by atoms with Crippen molar-refractivity contribution in [2.24, 2.45) is 5.92 Å². The second-order valence-corrected chi connectivity index (χ2v) is 6.92. The molecule has 0 aromatic heterocycles. The molecule has 2 rings (SSSR count). The third-order valence-corrected chi connectivity index (χ3v) is 3.86. The van der Waals surface area contributed by atoms with Crippen LogP contribution in [0.5, 0.6) is 0 Å². The zero-order chi connectivity index (χ0) is 17.2. The van der Waals surface area contributed by atoms with Gasteiger partial charge in [0.15, 0.2) is 11.6 Å². The summed E-state index contributed by atoms with van der Waals surface area (Å²) in [5.74, 6) is -2.37. The number of carbonyl (C=O) groups excluding carboxylic acids is 1. The number of rotatable bonds is 2. The van der Waals surface area contributed by atoms with E-state index in [1.54, 1.807) is 20.8 Å². The highest BCUT2D eigenvalue weighted by atomic mass is 19.2. The van der Waals surface area contributed by atoms with Gasteiger partial charge in [-0.15, -0.1) is 0 Å². The summed E-state index contributed by atoms with van der Waals surface area (Å²) in [6, 6.07) is 3.75. The molecule has 128 valence electrons. The number of hydrogen-bond acceptors (Lipinski definition) is 3. The fourth-order valence-electron chi connectivity index (χ4n) is 2.76. The highest BCUT2D eigenvalue weighted by molar-refractivity contribution is 5.68. The summed E-state index contributed by atoms with van der Waals surface area (Å²) in [4.78, 5) is 13.6. The minimum Gasteiger partial charge on any atom is -0.444 e. The first kappa shape index (κ1) is 17.7. The molecule has 1 aromatic carbocycles. The largest absolute Gasteiger partial charge is 0.444 e. The number of ether oxygens (including phenoxy) is 1. The Hall–Kier alpha value is -1.69. The van der Waals surface area contributed by atoms with E-state index in [4.69, 9.17) is 4.74 Å². The Kier molecular flexibility index (Phi) is 5.24. The van der Waals surface area contributed by atoms with Gasteiger partial charge in [0.05, 0.1) is 6.10 Å². The summed E-state index contributed by atoms with van der Waals surface area (Å²) in [6.07, 6.45) is -0.293. The number of aliphatic hydroxyl groups excluding tert-OH is 1. The molecule has 2 atom stereocenters. The Morgan fingerprint density at radius 1 is 1.39 bits per heavy atom. The quantitative estimate of drug-likeness (QED) is 0.902. The Morgan fingerprint density at radius 2 is 2.09 bits per heavy atom. The SMILES string of the molecule is CC(C)(C)OC(=O)N1CCC[C@@H]([C@@H](O)c2cccc(F)c2F)C1. The van der Waals surface area contributed by atoms with Crippen molar-refractivity contribution < 1.29 is 23.4 Å². The van der Waals surface area contributed by atoms with Crippen LogP contribution in [-0.2, 0) is 4.74 Å². The third-order valence-electron chi connectivity index (χ3n) is 3.86. The Labute approximate surface area is 135 Å². The molecule has 0 radical (unpaired) electrons. The summed E-state index contributed by atoms with van der Waals surface area (Å²) in [5.41, 5.74) is -0.668. The molecular weight excluding hydrogens is 304 g/mol. The van der Waals surface area contributed by atoms with Gasteiger partial charge in [-0.1, -0.05) is 12.1 Å². The molecule has 0 unspecified atom stereocenters. The van der Waals surface area contributed by atoms with Crippen LogP contribution in [0.3, 0.4) is 0 Å². The molecule has 4 nitrogen and oxygen atoms in total. The molecule has 1 fully saturated rings. The Bertz CT molecular complexity index is 571. The van der Waals surface area contributed by atoms with Crippen LogP contribution in [0.1, 0.15) is 45.3 Å². The predicted octanol–water partition coefficient (Wildman–Crippen LogP) is 3.65. The van der Waals surface area contributed by atoms with E-state index < -0.39 is 29.4 Å². The first-order chi connectivity index (χ1) is 10.7. The van der Waals surface area contributed by atoms with E-state index in [9.17, 15) is 18.7 Å². The monoisotopic (exact) mass is 327 g/mol. The molecule has 1 aromatic rings. The highest BCUT2D eigenvalue weighted by Gasteiger charge is 2.32. The van der Waals surface area contributed by atoms with Crippen molar-refractivity contribution in [1.82, 2.24) is 4.90 Å². The van der Waals surface area contributed by atoms with E-state index in [1.165, 1.54) is 17.0 Å². The summed E-state index contributed by atoms with van der Waals surface area (Å²) in [5, 5.41) is 10.4. The van der Waals surface area contributed by atoms with Crippen molar-refractivity contribution in [2.45, 2.75) is 45.3 Å². The number of amides is 1. The average Bonchev–Trinajstić information content (AvgIpc) is 2.48. The van der Waals surface area contributed by atoms with Gasteiger partial charge in [0.1, 0.15) is 5.60 Å². The lowest BCUT2D eigenvalue weighted by atomic mass is 9.88. The lowest BCUT2D eigenvalue weighted by Crippen LogP contribution is -2.44. The van der Waals surface area contributed by atoms with E-state index in [-0.39, 0.29) is 18.0 Å². The summed E-state index contributed by atoms with van der Waals surface area (Å²) < 4.78 is 32.5. The molecule has 1 saturated heterocycles. The molecule has 0 spiro atoms. The second-order valence-electron chi connectivity index (χ2n) is 6.92. The summed E-state index contributed by atoms with van der Waals surface area (Å²) in [7, 11) is 0. The number of benzene rings is 1. The minimum atomic E-state index is -1.16. The van der Waals surface area contributed by atoms with Crippen LogP contribution in [0.4, 0.5) is 13.6 Å². The number of piperidine rings is 1. The smallest absolute Gasteiger partial charge is 0.410 e. The van der Waals surface area contributed by atoms with Gasteiger partial charge in [-0.2, -0.15) is 0 Å². The van der Waals surface area contributed by atoms with E-state index in [1.807, 2.05) is 0 Å². The van der Waals surface area contributed by atoms with E-state index in [0.29, 0.717) is 19.4 Å². The number of nitrogens with zero attached hydrogens (tertiary/aromatic N) is 1. The summed E-state index contributed by atoms with van der Waals surface area (Å²) >= 11 is 0. The first-order valence-electron chi connectivity index (χ1n) is 7.79. The van der Waals surface area contributed by atoms with Crippen molar-refractivity contribution in [3.8, 4) is 0 Å². The molecule has 1 amide bonds. The highest BCUT2D eigenvalue weighted by Crippen LogP contribution is 2.32. The first-order valence-corrected chi connectivity index (χ1v) is 7.79. The molecule has 1 heterocycles. The van der Waals surface area contributed by atoms with Gasteiger partial charge < -0.3 is 14.7 Å². The molecule has 0 saturated carbocycles. The van der Waals surface area contributed by atoms with Crippen molar-refractivity contribution in [2.75, 3.05) is 13.1 Å². The van der Waals surface area contributed by atoms with Gasteiger partial charge in [-0.25, -0.2) is 13.6 Å². The number of halogens is 2. The molecule has 0 bridgehead atoms. The molecule has 0 aliphatic carbocycles. The average molecular weight is 327 g/mol. The van der Waals surface area contributed by atoms with Gasteiger partial charge >= 0.3 is 6.09 Å². The van der Waals surface area contributed by atoms with E-state index in [0.717, 1.165) is 6.07 Å². The Morgan fingerprint density at radius 3 is 2.74 bits per heavy atom. The maximum Gasteiger partial charge on any atom is 0.410 e. The van der Waals surface area contributed by atoms with E-state index >= 15 is 0 Å². The molecule has 1 N–H and O–H groups in total. The number of hydrogen-bond donors (Lipinski definition) is 1. The predicted molar refractivity (Wildman–Crippen MR) is 81.8 cm³/mol. The van der Waals surface area contributed by atoms with Crippen LogP contribution in [-0.4, -0.2) is 34.8 Å². The van der Waals surface area contributed by atoms with Gasteiger partial charge in [-0.3, -0.25) is 0 Å². The van der Waals surface area contributed by atoms with Crippen LogP contribution in [0.15, 0.2) is 18.2 Å². The van der Waals surface area contributed by atoms with Gasteiger partial charge in [0.25, 0.3) is 0 Å². The Balaban J connectivity index is 2.08. The zero-order valence-corrected chi connectivity index (χ0v) is 13.7. The standard InChI is InChI=1S/C17H23F2NO3/c1-17(2,3)23-16(22)20-9-5-6-11(10-20)15(21)12-7-4-8-13(18)14(12)19/h4,7-8,11,15,21H,5-6,9-10H2,1-3H3/t11-,15-/m1/s1. The number of aliphatic hydroxyl groups is 1. The van der Waals surface area contributed by atoms with Crippen LogP contribution in [0.25, 0.3) is 0 Å². The topological polar surface area (TPSA) is 49.8 Å². The van der Waals surface area contributed by atoms with Crippen molar-refractivity contribution in [1.29, 1.82) is 0 Å². The molecule has 6 heteroatoms. The lowest BCUT2D eigenvalue weighted by Gasteiger charge is -2.36. The van der Waals surface area contributed by atoms with Crippen LogP contribution >= 0.6 is 0 Å². The fraction of sp³-hybridized carbons (Fsp3) is 0.588. The minimum absolute atomic E-state index is 0.0685. The molecule has 23 heavy (non-hydrogen) atoms. The van der Waals surface area contributed by atoms with Gasteiger partial charge in [0.2, 0.25) is 0 Å². The maximum atomic E-state index is 13.8. The van der Waals surface area contributed by atoms with Crippen LogP contribution in [0, 0.1) is 17.6 Å². The van der Waals surface area contributed by atoms with Crippen molar-refractivity contribution in [3.05, 3.63) is 35.4 Å². The summed E-state index contributed by atoms with van der Waals surface area (Å²) in [6.45, 7) is 6.13. The lowest BCUT2D eigenvalue weighted by molar-refractivity contribution is 0.00181. The van der Waals surface area contributed by atoms with Gasteiger partial charge in [0, 0.05) is 24.6 Å². The zero-order valence-electron chi connectivity index (χ0n) is 13.7. The molecular formula is C17H23F2NO3. The second kappa shape index (κ2) is 6.83. The van der Waals surface area contributed by atoms with Crippen LogP contribution < -0.4 is 0 Å². The molecule has 1 aliphatic rings. The van der Waals surface area contributed by atoms with Crippen molar-refractivity contribution in [3.63, 3.8) is 0 Å².